The molecular formula is C12H12FN3O. The van der Waals surface area contributed by atoms with Crippen molar-refractivity contribution in [3.8, 4) is 0 Å². The average Bonchev–Trinajstić information content (AvgIpc) is 2.85. The summed E-state index contributed by atoms with van der Waals surface area (Å²) in [6.07, 6.45) is 1.97. The van der Waals surface area contributed by atoms with Crippen LogP contribution >= 0.6 is 0 Å². The molecule has 1 aromatic heterocycles. The summed E-state index contributed by atoms with van der Waals surface area (Å²) in [5.41, 5.74) is 0.996. The first-order valence-electron chi connectivity index (χ1n) is 5.28. The largest absolute Gasteiger partial charge is 0.350 e. The molecular weight excluding hydrogens is 221 g/mol. The van der Waals surface area contributed by atoms with Crippen LogP contribution in [0.1, 0.15) is 16.1 Å². The Balaban J connectivity index is 1.84. The van der Waals surface area contributed by atoms with Gasteiger partial charge in [0.2, 0.25) is 0 Å². The normalized spacial score (nSPS) is 10.2. The van der Waals surface area contributed by atoms with Crippen LogP contribution in [0.2, 0.25) is 0 Å². The molecule has 2 rings (SSSR count). The number of nitrogens with zero attached hydrogens (tertiary/aromatic N) is 1. The molecule has 0 fully saturated rings. The second-order valence-electron chi connectivity index (χ2n) is 3.57. The van der Waals surface area contributed by atoms with Crippen molar-refractivity contribution in [1.29, 1.82) is 0 Å². The Morgan fingerprint density at radius 1 is 1.35 bits per heavy atom. The number of benzene rings is 1. The smallest absolute Gasteiger partial charge is 0.269 e. The molecule has 5 heteroatoms. The van der Waals surface area contributed by atoms with Crippen molar-refractivity contribution in [2.45, 2.75) is 6.42 Å². The fourth-order valence-electron chi connectivity index (χ4n) is 1.49. The Hall–Kier alpha value is -2.17. The van der Waals surface area contributed by atoms with E-state index < -0.39 is 0 Å². The molecule has 1 amide bonds. The number of halogens is 1. The number of hydrogen-bond acceptors (Lipinski definition) is 2. The van der Waals surface area contributed by atoms with Gasteiger partial charge in [-0.15, -0.1) is 0 Å². The molecule has 1 heterocycles. The molecule has 0 saturated heterocycles. The van der Waals surface area contributed by atoms with Crippen LogP contribution in [0, 0.1) is 5.82 Å². The van der Waals surface area contributed by atoms with E-state index >= 15 is 0 Å². The molecule has 0 aliphatic carbocycles. The highest BCUT2D eigenvalue weighted by atomic mass is 19.1. The van der Waals surface area contributed by atoms with Gasteiger partial charge in [-0.05, 0) is 24.1 Å². The number of carbonyl (C=O) groups excluding carboxylic acids is 1. The van der Waals surface area contributed by atoms with E-state index in [-0.39, 0.29) is 11.7 Å². The second-order valence-corrected chi connectivity index (χ2v) is 3.57. The third kappa shape index (κ3) is 2.90. The zero-order chi connectivity index (χ0) is 12.1. The molecule has 4 nitrogen and oxygen atoms in total. The number of H-pyrrole nitrogens is 1. The first-order chi connectivity index (χ1) is 8.27. The lowest BCUT2D eigenvalue weighted by Gasteiger charge is -2.04. The van der Waals surface area contributed by atoms with Crippen LogP contribution in [0.3, 0.4) is 0 Å². The average molecular weight is 233 g/mol. The summed E-state index contributed by atoms with van der Waals surface area (Å²) in [6, 6.07) is 8.11. The lowest BCUT2D eigenvalue weighted by molar-refractivity contribution is 0.0949. The Morgan fingerprint density at radius 2 is 2.18 bits per heavy atom. The first kappa shape index (κ1) is 11.3. The number of nitrogens with one attached hydrogen (secondary N) is 2. The molecule has 0 bridgehead atoms. The summed E-state index contributed by atoms with van der Waals surface area (Å²) < 4.78 is 13.3. The molecule has 0 aliphatic rings. The zero-order valence-electron chi connectivity index (χ0n) is 9.11. The van der Waals surface area contributed by atoms with E-state index in [1.807, 2.05) is 0 Å². The number of hydrogen-bond donors (Lipinski definition) is 2. The van der Waals surface area contributed by atoms with Gasteiger partial charge in [0.25, 0.3) is 5.91 Å². The molecule has 0 aliphatic heterocycles. The molecule has 0 unspecified atom stereocenters. The van der Waals surface area contributed by atoms with Gasteiger partial charge in [-0.1, -0.05) is 18.2 Å². The van der Waals surface area contributed by atoms with Crippen LogP contribution < -0.4 is 5.32 Å². The van der Waals surface area contributed by atoms with E-state index in [0.29, 0.717) is 24.2 Å². The van der Waals surface area contributed by atoms with Crippen molar-refractivity contribution in [3.05, 3.63) is 53.6 Å². The highest BCUT2D eigenvalue weighted by Crippen LogP contribution is 2.06. The van der Waals surface area contributed by atoms with Crippen molar-refractivity contribution in [1.82, 2.24) is 15.5 Å². The number of rotatable bonds is 4. The van der Waals surface area contributed by atoms with E-state index in [1.165, 1.54) is 12.3 Å². The maximum Gasteiger partial charge on any atom is 0.269 e. The highest BCUT2D eigenvalue weighted by molar-refractivity contribution is 5.92. The first-order valence-corrected chi connectivity index (χ1v) is 5.28. The van der Waals surface area contributed by atoms with Gasteiger partial charge in [-0.3, -0.25) is 9.89 Å². The maximum absolute atomic E-state index is 13.3. The number of aromatic nitrogens is 2. The van der Waals surface area contributed by atoms with Crippen LogP contribution in [0.25, 0.3) is 0 Å². The lowest BCUT2D eigenvalue weighted by atomic mass is 10.1. The minimum absolute atomic E-state index is 0.237. The Labute approximate surface area is 97.9 Å². The summed E-state index contributed by atoms with van der Waals surface area (Å²) in [6.45, 7) is 0.388. The SMILES string of the molecule is O=C(NCCc1ccccc1F)c1ccn[nH]1. The van der Waals surface area contributed by atoms with Crippen molar-refractivity contribution in [3.63, 3.8) is 0 Å². The van der Waals surface area contributed by atoms with Gasteiger partial charge < -0.3 is 5.32 Å². The predicted octanol–water partition coefficient (Wildman–Crippen LogP) is 1.52. The second kappa shape index (κ2) is 5.25. The quantitative estimate of drug-likeness (QED) is 0.841. The van der Waals surface area contributed by atoms with E-state index in [9.17, 15) is 9.18 Å². The Morgan fingerprint density at radius 3 is 2.88 bits per heavy atom. The van der Waals surface area contributed by atoms with Crippen LogP contribution in [-0.2, 0) is 6.42 Å². The molecule has 17 heavy (non-hydrogen) atoms. The molecule has 0 radical (unpaired) electrons. The van der Waals surface area contributed by atoms with Crippen LogP contribution in [0.5, 0.6) is 0 Å². The standard InChI is InChI=1S/C12H12FN3O/c13-10-4-2-1-3-9(10)5-7-14-12(17)11-6-8-15-16-11/h1-4,6,8H,5,7H2,(H,14,17)(H,15,16). The van der Waals surface area contributed by atoms with Gasteiger partial charge in [-0.2, -0.15) is 5.10 Å². The Kier molecular flexibility index (Phi) is 3.49. The van der Waals surface area contributed by atoms with Gasteiger partial charge in [0.1, 0.15) is 11.5 Å². The van der Waals surface area contributed by atoms with Crippen LogP contribution in [0.4, 0.5) is 4.39 Å². The molecule has 0 saturated carbocycles. The van der Waals surface area contributed by atoms with E-state index in [1.54, 1.807) is 24.3 Å². The highest BCUT2D eigenvalue weighted by Gasteiger charge is 2.06. The maximum atomic E-state index is 13.3. The van der Waals surface area contributed by atoms with Crippen LogP contribution in [0.15, 0.2) is 36.5 Å². The summed E-state index contributed by atoms with van der Waals surface area (Å²) in [5.74, 6) is -0.484. The van der Waals surface area contributed by atoms with Gasteiger partial charge in [0.15, 0.2) is 0 Å². The molecule has 88 valence electrons. The zero-order valence-corrected chi connectivity index (χ0v) is 9.11. The van der Waals surface area contributed by atoms with E-state index in [2.05, 4.69) is 15.5 Å². The summed E-state index contributed by atoms with van der Waals surface area (Å²) >= 11 is 0. The van der Waals surface area contributed by atoms with Crippen LogP contribution in [-0.4, -0.2) is 22.6 Å². The molecule has 2 aromatic rings. The minimum Gasteiger partial charge on any atom is -0.350 e. The van der Waals surface area contributed by atoms with Gasteiger partial charge >= 0.3 is 0 Å². The fourth-order valence-corrected chi connectivity index (χ4v) is 1.49. The van der Waals surface area contributed by atoms with Gasteiger partial charge in [0.05, 0.1) is 0 Å². The molecule has 1 aromatic carbocycles. The summed E-state index contributed by atoms with van der Waals surface area (Å²) in [5, 5.41) is 8.92. The van der Waals surface area contributed by atoms with Gasteiger partial charge in [-0.25, -0.2) is 4.39 Å². The third-order valence-electron chi connectivity index (χ3n) is 2.38. The molecule has 0 atom stereocenters. The monoisotopic (exact) mass is 233 g/mol. The number of carbonyl (C=O) groups is 1. The molecule has 2 N–H and O–H groups in total. The summed E-state index contributed by atoms with van der Waals surface area (Å²) in [4.78, 5) is 11.5. The van der Waals surface area contributed by atoms with Crippen molar-refractivity contribution in [2.24, 2.45) is 0 Å². The third-order valence-corrected chi connectivity index (χ3v) is 2.38. The number of aromatic amines is 1. The van der Waals surface area contributed by atoms with E-state index in [0.717, 1.165) is 0 Å². The van der Waals surface area contributed by atoms with Crippen molar-refractivity contribution < 1.29 is 9.18 Å². The topological polar surface area (TPSA) is 57.8 Å². The number of amides is 1. The molecule has 0 spiro atoms. The Bertz CT molecular complexity index is 496. The minimum atomic E-state index is -0.247. The van der Waals surface area contributed by atoms with Crippen molar-refractivity contribution >= 4 is 5.91 Å². The van der Waals surface area contributed by atoms with Gasteiger partial charge in [0, 0.05) is 12.7 Å². The van der Waals surface area contributed by atoms with Crippen molar-refractivity contribution in [2.75, 3.05) is 6.54 Å². The lowest BCUT2D eigenvalue weighted by Crippen LogP contribution is -2.26. The summed E-state index contributed by atoms with van der Waals surface area (Å²) in [7, 11) is 0. The fraction of sp³-hybridized carbons (Fsp3) is 0.167. The predicted molar refractivity (Wildman–Crippen MR) is 61.0 cm³/mol. The van der Waals surface area contributed by atoms with E-state index in [4.69, 9.17) is 0 Å².